The molecule has 3 heterocycles. The average Bonchev–Trinajstić information content (AvgIpc) is 3.21. The van der Waals surface area contributed by atoms with Crippen molar-refractivity contribution in [1.29, 1.82) is 5.26 Å². The van der Waals surface area contributed by atoms with Gasteiger partial charge in [-0.3, -0.25) is 14.4 Å². The lowest BCUT2D eigenvalue weighted by molar-refractivity contribution is -0.133. The number of rotatable bonds is 7. The van der Waals surface area contributed by atoms with Gasteiger partial charge in [-0.2, -0.15) is 10.4 Å². The molecule has 0 unspecified atom stereocenters. The zero-order valence-electron chi connectivity index (χ0n) is 16.9. The van der Waals surface area contributed by atoms with Gasteiger partial charge in [0.1, 0.15) is 0 Å². The predicted octanol–water partition coefficient (Wildman–Crippen LogP) is 1.99. The summed E-state index contributed by atoms with van der Waals surface area (Å²) in [6, 6.07) is 4.11. The molecule has 1 aliphatic rings. The topological polar surface area (TPSA) is 91.2 Å². The molecule has 1 aliphatic heterocycles. The summed E-state index contributed by atoms with van der Waals surface area (Å²) >= 11 is 0. The molecule has 1 saturated heterocycles. The van der Waals surface area contributed by atoms with E-state index in [0.29, 0.717) is 25.8 Å². The molecule has 0 atom stereocenters. The van der Waals surface area contributed by atoms with Crippen LogP contribution < -0.4 is 0 Å². The van der Waals surface area contributed by atoms with Crippen LogP contribution >= 0.6 is 0 Å². The highest BCUT2D eigenvalue weighted by molar-refractivity contribution is 5.76. The standard InChI is InChI=1S/C20H28N6O2/c1-15-13-18(28-23-15)14-24-9-11-25(12-10-24)20(27)6-5-19-16(2)22-26(17(19)3)8-4-7-21/h13H,4-6,8-12,14H2,1-3H3. The summed E-state index contributed by atoms with van der Waals surface area (Å²) < 4.78 is 7.16. The van der Waals surface area contributed by atoms with Gasteiger partial charge in [-0.15, -0.1) is 0 Å². The van der Waals surface area contributed by atoms with Crippen molar-refractivity contribution in [2.24, 2.45) is 0 Å². The van der Waals surface area contributed by atoms with Crippen molar-refractivity contribution < 1.29 is 9.32 Å². The molecule has 1 fully saturated rings. The van der Waals surface area contributed by atoms with Crippen LogP contribution in [-0.4, -0.2) is 56.8 Å². The third-order valence-electron chi connectivity index (χ3n) is 5.34. The highest BCUT2D eigenvalue weighted by Crippen LogP contribution is 2.17. The van der Waals surface area contributed by atoms with E-state index in [1.165, 1.54) is 0 Å². The minimum atomic E-state index is 0.193. The van der Waals surface area contributed by atoms with E-state index in [1.807, 2.05) is 36.4 Å². The quantitative estimate of drug-likeness (QED) is 0.725. The molecule has 8 nitrogen and oxygen atoms in total. The second-order valence-electron chi connectivity index (χ2n) is 7.37. The largest absolute Gasteiger partial charge is 0.360 e. The number of nitrogens with zero attached hydrogens (tertiary/aromatic N) is 6. The van der Waals surface area contributed by atoms with Gasteiger partial charge in [-0.1, -0.05) is 5.16 Å². The number of carbonyl (C=O) groups excluding carboxylic acids is 1. The Balaban J connectivity index is 1.47. The van der Waals surface area contributed by atoms with Crippen molar-refractivity contribution in [3.63, 3.8) is 0 Å². The fraction of sp³-hybridized carbons (Fsp3) is 0.600. The summed E-state index contributed by atoms with van der Waals surface area (Å²) in [6.07, 6.45) is 1.63. The molecular weight excluding hydrogens is 356 g/mol. The highest BCUT2D eigenvalue weighted by Gasteiger charge is 2.22. The van der Waals surface area contributed by atoms with Gasteiger partial charge in [0.15, 0.2) is 5.76 Å². The van der Waals surface area contributed by atoms with Crippen LogP contribution in [0, 0.1) is 32.1 Å². The molecular formula is C20H28N6O2. The van der Waals surface area contributed by atoms with E-state index in [-0.39, 0.29) is 5.91 Å². The summed E-state index contributed by atoms with van der Waals surface area (Å²) in [5.74, 6) is 1.07. The zero-order valence-corrected chi connectivity index (χ0v) is 16.9. The van der Waals surface area contributed by atoms with Crippen LogP contribution in [0.5, 0.6) is 0 Å². The third kappa shape index (κ3) is 4.78. The molecule has 0 saturated carbocycles. The van der Waals surface area contributed by atoms with Crippen molar-refractivity contribution in [1.82, 2.24) is 24.7 Å². The lowest BCUT2D eigenvalue weighted by atomic mass is 10.1. The van der Waals surface area contributed by atoms with Crippen molar-refractivity contribution in [3.8, 4) is 6.07 Å². The molecule has 0 N–H and O–H groups in total. The molecule has 3 rings (SSSR count). The fourth-order valence-corrected chi connectivity index (χ4v) is 3.73. The van der Waals surface area contributed by atoms with Gasteiger partial charge in [0.05, 0.1) is 37.0 Å². The second kappa shape index (κ2) is 9.02. The normalized spacial score (nSPS) is 15.0. The van der Waals surface area contributed by atoms with E-state index >= 15 is 0 Å². The molecule has 28 heavy (non-hydrogen) atoms. The van der Waals surface area contributed by atoms with Crippen molar-refractivity contribution >= 4 is 5.91 Å². The molecule has 1 amide bonds. The Morgan fingerprint density at radius 1 is 1.25 bits per heavy atom. The molecule has 0 spiro atoms. The highest BCUT2D eigenvalue weighted by atomic mass is 16.5. The maximum Gasteiger partial charge on any atom is 0.222 e. The molecule has 2 aromatic rings. The maximum absolute atomic E-state index is 12.6. The summed E-state index contributed by atoms with van der Waals surface area (Å²) in [7, 11) is 0. The van der Waals surface area contributed by atoms with E-state index in [4.69, 9.17) is 9.78 Å². The monoisotopic (exact) mass is 384 g/mol. The Morgan fingerprint density at radius 2 is 2.00 bits per heavy atom. The van der Waals surface area contributed by atoms with Gasteiger partial charge in [0.2, 0.25) is 5.91 Å². The van der Waals surface area contributed by atoms with Crippen LogP contribution in [0.15, 0.2) is 10.6 Å². The Hall–Kier alpha value is -2.66. The number of amides is 1. The number of piperazine rings is 1. The lowest BCUT2D eigenvalue weighted by Crippen LogP contribution is -2.48. The van der Waals surface area contributed by atoms with Gasteiger partial charge in [0, 0.05) is 44.4 Å². The summed E-state index contributed by atoms with van der Waals surface area (Å²) in [6.45, 7) is 10.4. The number of aromatic nitrogens is 3. The first kappa shape index (κ1) is 20.1. The predicted molar refractivity (Wildman–Crippen MR) is 103 cm³/mol. The van der Waals surface area contributed by atoms with E-state index in [0.717, 1.165) is 61.1 Å². The van der Waals surface area contributed by atoms with E-state index < -0.39 is 0 Å². The van der Waals surface area contributed by atoms with Crippen LogP contribution in [0.1, 0.15) is 41.2 Å². The number of carbonyl (C=O) groups is 1. The Bertz CT molecular complexity index is 855. The van der Waals surface area contributed by atoms with Crippen LogP contribution in [0.2, 0.25) is 0 Å². The van der Waals surface area contributed by atoms with E-state index in [2.05, 4.69) is 21.2 Å². The fourth-order valence-electron chi connectivity index (χ4n) is 3.73. The van der Waals surface area contributed by atoms with Crippen LogP contribution in [0.25, 0.3) is 0 Å². The maximum atomic E-state index is 12.6. The number of hydrogen-bond acceptors (Lipinski definition) is 6. The number of hydrogen-bond donors (Lipinski definition) is 0. The Kier molecular flexibility index (Phi) is 6.47. The average molecular weight is 384 g/mol. The van der Waals surface area contributed by atoms with Crippen LogP contribution in [-0.2, 0) is 24.3 Å². The van der Waals surface area contributed by atoms with Gasteiger partial charge in [-0.25, -0.2) is 0 Å². The summed E-state index contributed by atoms with van der Waals surface area (Å²) in [5, 5.41) is 17.2. The second-order valence-corrected chi connectivity index (χ2v) is 7.37. The third-order valence-corrected chi connectivity index (χ3v) is 5.34. The summed E-state index contributed by atoms with van der Waals surface area (Å²) in [5.41, 5.74) is 4.04. The first-order valence-corrected chi connectivity index (χ1v) is 9.80. The first-order valence-electron chi connectivity index (χ1n) is 9.80. The molecule has 0 aliphatic carbocycles. The van der Waals surface area contributed by atoms with Crippen LogP contribution in [0.4, 0.5) is 0 Å². The van der Waals surface area contributed by atoms with E-state index in [1.54, 1.807) is 0 Å². The van der Waals surface area contributed by atoms with Crippen LogP contribution in [0.3, 0.4) is 0 Å². The minimum Gasteiger partial charge on any atom is -0.360 e. The zero-order chi connectivity index (χ0) is 20.1. The minimum absolute atomic E-state index is 0.193. The molecule has 0 aromatic carbocycles. The van der Waals surface area contributed by atoms with Gasteiger partial charge >= 0.3 is 0 Å². The summed E-state index contributed by atoms with van der Waals surface area (Å²) in [4.78, 5) is 16.9. The van der Waals surface area contributed by atoms with Crippen molar-refractivity contribution in [2.45, 2.75) is 53.1 Å². The Labute approximate surface area is 165 Å². The molecule has 0 bridgehead atoms. The Morgan fingerprint density at radius 3 is 2.64 bits per heavy atom. The van der Waals surface area contributed by atoms with Crippen molar-refractivity contribution in [2.75, 3.05) is 26.2 Å². The molecule has 0 radical (unpaired) electrons. The number of aryl methyl sites for hydroxylation is 3. The van der Waals surface area contributed by atoms with Gasteiger partial charge < -0.3 is 9.42 Å². The number of nitriles is 1. The lowest BCUT2D eigenvalue weighted by Gasteiger charge is -2.34. The van der Waals surface area contributed by atoms with Gasteiger partial charge in [-0.05, 0) is 32.8 Å². The molecule has 2 aromatic heterocycles. The SMILES string of the molecule is Cc1cc(CN2CCN(C(=O)CCc3c(C)nn(CCC#N)c3C)CC2)on1. The first-order chi connectivity index (χ1) is 13.5. The molecule has 150 valence electrons. The van der Waals surface area contributed by atoms with E-state index in [9.17, 15) is 4.79 Å². The molecule has 8 heteroatoms. The smallest absolute Gasteiger partial charge is 0.222 e. The van der Waals surface area contributed by atoms with Gasteiger partial charge in [0.25, 0.3) is 0 Å². The van der Waals surface area contributed by atoms with Crippen molar-refractivity contribution in [3.05, 3.63) is 34.5 Å².